The first kappa shape index (κ1) is 19.9. The van der Waals surface area contributed by atoms with Crippen LogP contribution in [0.3, 0.4) is 0 Å². The zero-order valence-corrected chi connectivity index (χ0v) is 17.3. The second kappa shape index (κ2) is 8.52. The molecule has 2 aromatic heterocycles. The predicted molar refractivity (Wildman–Crippen MR) is 112 cm³/mol. The largest absolute Gasteiger partial charge is 0.376 e. The zero-order chi connectivity index (χ0) is 20.4. The third kappa shape index (κ3) is 4.14. The molecule has 6 nitrogen and oxygen atoms in total. The molecule has 1 aliphatic heterocycles. The fraction of sp³-hybridized carbons (Fsp3) is 0.381. The van der Waals surface area contributed by atoms with Crippen molar-refractivity contribution in [1.29, 1.82) is 0 Å². The van der Waals surface area contributed by atoms with Crippen molar-refractivity contribution in [2.75, 3.05) is 13.2 Å². The van der Waals surface area contributed by atoms with Crippen molar-refractivity contribution in [3.63, 3.8) is 0 Å². The van der Waals surface area contributed by atoms with Gasteiger partial charge in [-0.15, -0.1) is 5.10 Å². The minimum Gasteiger partial charge on any atom is -0.376 e. The van der Waals surface area contributed by atoms with Crippen molar-refractivity contribution in [2.45, 2.75) is 39.1 Å². The SMILES string of the molecule is CC[C@H]1CO[C@@H](C)CN1Cn1nc(-c2ccncc2)n(-c2ccc(F)cc2)c1=S. The molecule has 2 atom stereocenters. The van der Waals surface area contributed by atoms with Gasteiger partial charge in [0.15, 0.2) is 5.82 Å². The van der Waals surface area contributed by atoms with Gasteiger partial charge in [0.25, 0.3) is 0 Å². The Balaban J connectivity index is 1.77. The van der Waals surface area contributed by atoms with Gasteiger partial charge in [0.1, 0.15) is 5.82 Å². The van der Waals surface area contributed by atoms with Gasteiger partial charge in [-0.05, 0) is 62.0 Å². The molecule has 1 fully saturated rings. The Morgan fingerprint density at radius 3 is 2.59 bits per heavy atom. The number of morpholine rings is 1. The standard InChI is InChI=1S/C21H24FN5OS/c1-3-18-13-28-15(2)12-25(18)14-26-21(29)27(19-6-4-17(22)5-7-19)20(24-26)16-8-10-23-11-9-16/h4-11,15,18H,3,12-14H2,1-2H3/t15-,18-/m0/s1. The Bertz CT molecular complexity index is 1020. The first-order chi connectivity index (χ1) is 14.1. The van der Waals surface area contributed by atoms with Crippen molar-refractivity contribution in [2.24, 2.45) is 0 Å². The molecule has 0 saturated carbocycles. The van der Waals surface area contributed by atoms with Crippen molar-refractivity contribution in [3.8, 4) is 17.1 Å². The summed E-state index contributed by atoms with van der Waals surface area (Å²) in [5, 5.41) is 4.84. The van der Waals surface area contributed by atoms with E-state index < -0.39 is 0 Å². The Labute approximate surface area is 174 Å². The van der Waals surface area contributed by atoms with Gasteiger partial charge in [0.05, 0.1) is 25.1 Å². The molecule has 4 rings (SSSR count). The highest BCUT2D eigenvalue weighted by atomic mass is 32.1. The van der Waals surface area contributed by atoms with Gasteiger partial charge in [0, 0.05) is 30.5 Å². The Morgan fingerprint density at radius 2 is 1.90 bits per heavy atom. The highest BCUT2D eigenvalue weighted by Gasteiger charge is 2.27. The molecule has 3 aromatic rings. The van der Waals surface area contributed by atoms with Crippen LogP contribution in [0.25, 0.3) is 17.1 Å². The van der Waals surface area contributed by atoms with Crippen molar-refractivity contribution < 1.29 is 9.13 Å². The molecule has 0 amide bonds. The number of hydrogen-bond donors (Lipinski definition) is 0. The van der Waals surface area contributed by atoms with Gasteiger partial charge < -0.3 is 4.74 Å². The van der Waals surface area contributed by atoms with E-state index in [1.165, 1.54) is 12.1 Å². The number of halogens is 1. The lowest BCUT2D eigenvalue weighted by Gasteiger charge is -2.37. The lowest BCUT2D eigenvalue weighted by Crippen LogP contribution is -2.49. The van der Waals surface area contributed by atoms with Crippen molar-refractivity contribution in [1.82, 2.24) is 24.2 Å². The minimum absolute atomic E-state index is 0.172. The molecule has 0 aliphatic carbocycles. The Morgan fingerprint density at radius 1 is 1.17 bits per heavy atom. The number of rotatable bonds is 5. The molecule has 1 aromatic carbocycles. The summed E-state index contributed by atoms with van der Waals surface area (Å²) in [6.07, 6.45) is 4.62. The zero-order valence-electron chi connectivity index (χ0n) is 16.5. The maximum atomic E-state index is 13.5. The van der Waals surface area contributed by atoms with Crippen molar-refractivity contribution in [3.05, 3.63) is 59.4 Å². The maximum Gasteiger partial charge on any atom is 0.204 e. The third-order valence-corrected chi connectivity index (χ3v) is 5.62. The minimum atomic E-state index is -0.286. The Kier molecular flexibility index (Phi) is 5.84. The third-order valence-electron chi connectivity index (χ3n) is 5.23. The van der Waals surface area contributed by atoms with Crippen LogP contribution in [0.1, 0.15) is 20.3 Å². The molecule has 0 bridgehead atoms. The van der Waals surface area contributed by atoms with Gasteiger partial charge in [-0.25, -0.2) is 9.07 Å². The molecule has 0 unspecified atom stereocenters. The van der Waals surface area contributed by atoms with Crippen LogP contribution < -0.4 is 0 Å². The van der Waals surface area contributed by atoms with Crippen molar-refractivity contribution >= 4 is 12.2 Å². The molecule has 29 heavy (non-hydrogen) atoms. The summed E-state index contributed by atoms with van der Waals surface area (Å²) >= 11 is 5.80. The lowest BCUT2D eigenvalue weighted by atomic mass is 10.1. The van der Waals surface area contributed by atoms with Crippen LogP contribution in [0.2, 0.25) is 0 Å². The molecular weight excluding hydrogens is 389 g/mol. The number of pyridine rings is 1. The predicted octanol–water partition coefficient (Wildman–Crippen LogP) is 4.06. The quantitative estimate of drug-likeness (QED) is 0.591. The molecule has 0 spiro atoms. The number of ether oxygens (including phenoxy) is 1. The molecule has 8 heteroatoms. The average Bonchev–Trinajstić information content (AvgIpc) is 3.06. The molecule has 1 aliphatic rings. The summed E-state index contributed by atoms with van der Waals surface area (Å²) in [7, 11) is 0. The summed E-state index contributed by atoms with van der Waals surface area (Å²) in [5.74, 6) is 0.421. The molecule has 1 saturated heterocycles. The first-order valence-corrected chi connectivity index (χ1v) is 10.2. The van der Waals surface area contributed by atoms with E-state index in [0.717, 1.165) is 24.2 Å². The van der Waals surface area contributed by atoms with E-state index in [-0.39, 0.29) is 11.9 Å². The highest BCUT2D eigenvalue weighted by Crippen LogP contribution is 2.23. The second-order valence-electron chi connectivity index (χ2n) is 7.27. The van der Waals surface area contributed by atoms with Gasteiger partial charge in [-0.1, -0.05) is 6.92 Å². The average molecular weight is 414 g/mol. The summed E-state index contributed by atoms with van der Waals surface area (Å²) in [5.41, 5.74) is 1.67. The van der Waals surface area contributed by atoms with Gasteiger partial charge in [-0.3, -0.25) is 14.5 Å². The summed E-state index contributed by atoms with van der Waals surface area (Å²) < 4.78 is 23.6. The Hall–Kier alpha value is -2.42. The summed E-state index contributed by atoms with van der Waals surface area (Å²) in [6, 6.07) is 10.4. The molecule has 3 heterocycles. The highest BCUT2D eigenvalue weighted by molar-refractivity contribution is 7.71. The van der Waals surface area contributed by atoms with E-state index in [1.54, 1.807) is 24.5 Å². The van der Waals surface area contributed by atoms with Crippen LogP contribution in [0, 0.1) is 10.6 Å². The number of aromatic nitrogens is 4. The van der Waals surface area contributed by atoms with Crippen LogP contribution in [-0.4, -0.2) is 49.5 Å². The number of benzene rings is 1. The molecule has 0 N–H and O–H groups in total. The lowest BCUT2D eigenvalue weighted by molar-refractivity contribution is -0.0689. The first-order valence-electron chi connectivity index (χ1n) is 9.78. The van der Waals surface area contributed by atoms with Gasteiger partial charge in [0.2, 0.25) is 4.77 Å². The monoisotopic (exact) mass is 413 g/mol. The molecule has 0 radical (unpaired) electrons. The van der Waals surface area contributed by atoms with Crippen LogP contribution in [0.15, 0.2) is 48.8 Å². The number of nitrogens with zero attached hydrogens (tertiary/aromatic N) is 5. The van der Waals surface area contributed by atoms with Crippen LogP contribution in [0.4, 0.5) is 4.39 Å². The maximum absolute atomic E-state index is 13.5. The summed E-state index contributed by atoms with van der Waals surface area (Å²) in [6.45, 7) is 6.36. The van der Waals surface area contributed by atoms with E-state index in [0.29, 0.717) is 29.9 Å². The van der Waals surface area contributed by atoms with E-state index in [9.17, 15) is 4.39 Å². The van der Waals surface area contributed by atoms with Crippen LogP contribution >= 0.6 is 12.2 Å². The second-order valence-corrected chi connectivity index (χ2v) is 7.64. The fourth-order valence-corrected chi connectivity index (χ4v) is 3.94. The smallest absolute Gasteiger partial charge is 0.204 e. The topological polar surface area (TPSA) is 48.1 Å². The van der Waals surface area contributed by atoms with Gasteiger partial charge >= 0.3 is 0 Å². The molecule has 152 valence electrons. The van der Waals surface area contributed by atoms with Gasteiger partial charge in [-0.2, -0.15) is 0 Å². The normalized spacial score (nSPS) is 20.1. The van der Waals surface area contributed by atoms with E-state index in [2.05, 4.69) is 23.7 Å². The number of hydrogen-bond acceptors (Lipinski definition) is 5. The van der Waals surface area contributed by atoms with E-state index in [4.69, 9.17) is 22.1 Å². The fourth-order valence-electron chi connectivity index (χ4n) is 3.64. The van der Waals surface area contributed by atoms with Crippen LogP contribution in [-0.2, 0) is 11.4 Å². The molecular formula is C21H24FN5OS. The van der Waals surface area contributed by atoms with Crippen LogP contribution in [0.5, 0.6) is 0 Å². The summed E-state index contributed by atoms with van der Waals surface area (Å²) in [4.78, 5) is 6.46. The van der Waals surface area contributed by atoms with E-state index >= 15 is 0 Å². The van der Waals surface area contributed by atoms with E-state index in [1.807, 2.05) is 21.4 Å².